The van der Waals surface area contributed by atoms with Crippen LogP contribution >= 0.6 is 34.9 Å². The van der Waals surface area contributed by atoms with Crippen molar-refractivity contribution in [2.45, 2.75) is 22.5 Å². The number of rotatable bonds is 6. The van der Waals surface area contributed by atoms with E-state index in [4.69, 9.17) is 4.99 Å². The molecule has 50 heavy (non-hydrogen) atoms. The van der Waals surface area contributed by atoms with Gasteiger partial charge in [0, 0.05) is 32.5 Å². The van der Waals surface area contributed by atoms with Gasteiger partial charge in [0.25, 0.3) is 0 Å². The summed E-state index contributed by atoms with van der Waals surface area (Å²) >= 11 is 5.79. The first-order valence-corrected chi connectivity index (χ1v) is 19.9. The molecule has 4 nitrogen and oxygen atoms in total. The number of thioether (sulfide) groups is 2. The molecule has 2 atom stereocenters. The summed E-state index contributed by atoms with van der Waals surface area (Å²) in [7, 11) is 1.50. The summed E-state index contributed by atoms with van der Waals surface area (Å²) in [6, 6.07) is 37.7. The molecule has 0 saturated carbocycles. The lowest BCUT2D eigenvalue weighted by Crippen LogP contribution is -2.52. The fraction of sp³-hybridized carbons (Fsp3) is 0.186. The number of allylic oxidation sites excluding steroid dienone is 4. The number of amidine groups is 1. The van der Waals surface area contributed by atoms with Crippen molar-refractivity contribution in [3.63, 3.8) is 0 Å². The molecule has 0 radical (unpaired) electrons. The lowest BCUT2D eigenvalue weighted by atomic mass is 9.93. The number of para-hydroxylation sites is 1. The molecule has 0 saturated heterocycles. The minimum atomic E-state index is -0.0240. The maximum atomic E-state index is 5.38. The normalized spacial score (nSPS) is 19.9. The number of nitrogens with two attached hydrogens (primary N) is 1. The molecule has 3 heterocycles. The average Bonchev–Trinajstić information content (AvgIpc) is 3.89. The lowest BCUT2D eigenvalue weighted by molar-refractivity contribution is 0.623. The summed E-state index contributed by atoms with van der Waals surface area (Å²) < 4.78 is -0.0240. The lowest BCUT2D eigenvalue weighted by Gasteiger charge is -2.43. The molecule has 1 aliphatic carbocycles. The standard InChI is InChI=1S/C42H35N3S3.CH5N/c1-8-21-42(22-9-1)28-45(37-15-6-7-16-38(37)48-42)44-41(43-23-20-29-25-40(47-27-29)39-17-10-24-46-39)30-18-19-35-33-13-3-2-11-31(33)32-12-4-5-14-34(32)36(35)26-30;1-2/h1-19,21,24-26,29H,20,22-23,27-28H2,(H,43,44);2H2,1H3. The molecule has 0 amide bonds. The summed E-state index contributed by atoms with van der Waals surface area (Å²) in [6.45, 7) is 1.61. The third-order valence-corrected chi connectivity index (χ3v) is 13.3. The summed E-state index contributed by atoms with van der Waals surface area (Å²) in [6.07, 6.45) is 13.5. The van der Waals surface area contributed by atoms with Gasteiger partial charge in [-0.2, -0.15) is 0 Å². The van der Waals surface area contributed by atoms with Crippen LogP contribution in [0.2, 0.25) is 0 Å². The van der Waals surface area contributed by atoms with Gasteiger partial charge < -0.3 is 5.73 Å². The Morgan fingerprint density at radius 3 is 2.28 bits per heavy atom. The number of nitrogens with zero attached hydrogens (tertiary/aromatic N) is 2. The quantitative estimate of drug-likeness (QED) is 0.102. The minimum Gasteiger partial charge on any atom is -0.333 e. The number of anilines is 1. The Bertz CT molecular complexity index is 2250. The van der Waals surface area contributed by atoms with Crippen molar-refractivity contribution in [1.29, 1.82) is 0 Å². The van der Waals surface area contributed by atoms with E-state index in [1.807, 2.05) is 34.9 Å². The number of hydrogen-bond acceptors (Lipinski definition) is 6. The smallest absolute Gasteiger partial charge is 0.147 e. The number of benzene rings is 5. The van der Waals surface area contributed by atoms with Crippen LogP contribution < -0.4 is 16.2 Å². The van der Waals surface area contributed by atoms with Gasteiger partial charge in [0.2, 0.25) is 0 Å². The molecule has 250 valence electrons. The Balaban J connectivity index is 0.00000177. The van der Waals surface area contributed by atoms with Crippen LogP contribution in [0, 0.1) is 5.92 Å². The molecular formula is C43H40N4S3. The largest absolute Gasteiger partial charge is 0.333 e. The molecule has 7 heteroatoms. The molecule has 5 aromatic carbocycles. The summed E-state index contributed by atoms with van der Waals surface area (Å²) in [5, 5.41) is 12.2. The topological polar surface area (TPSA) is 53.6 Å². The van der Waals surface area contributed by atoms with Crippen molar-refractivity contribution in [3.05, 3.63) is 149 Å². The van der Waals surface area contributed by atoms with Crippen molar-refractivity contribution in [2.24, 2.45) is 16.6 Å². The zero-order chi connectivity index (χ0) is 33.9. The summed E-state index contributed by atoms with van der Waals surface area (Å²) in [5.74, 6) is 2.58. The van der Waals surface area contributed by atoms with E-state index in [0.29, 0.717) is 5.92 Å². The van der Waals surface area contributed by atoms with Gasteiger partial charge in [-0.1, -0.05) is 109 Å². The molecule has 2 unspecified atom stereocenters. The predicted octanol–water partition coefficient (Wildman–Crippen LogP) is 10.7. The van der Waals surface area contributed by atoms with Crippen molar-refractivity contribution in [2.75, 3.05) is 30.9 Å². The van der Waals surface area contributed by atoms with Gasteiger partial charge in [0.15, 0.2) is 0 Å². The van der Waals surface area contributed by atoms with Crippen LogP contribution in [0.15, 0.2) is 149 Å². The highest BCUT2D eigenvalue weighted by molar-refractivity contribution is 8.08. The highest BCUT2D eigenvalue weighted by Gasteiger charge is 2.37. The van der Waals surface area contributed by atoms with E-state index >= 15 is 0 Å². The van der Waals surface area contributed by atoms with Crippen molar-refractivity contribution in [1.82, 2.24) is 5.43 Å². The zero-order valence-corrected chi connectivity index (χ0v) is 30.5. The van der Waals surface area contributed by atoms with E-state index in [0.717, 1.165) is 43.1 Å². The first kappa shape index (κ1) is 32.9. The highest BCUT2D eigenvalue weighted by Crippen LogP contribution is 2.47. The number of aliphatic imine (C=N–C) groups is 1. The number of thiophene rings is 1. The summed E-state index contributed by atoms with van der Waals surface area (Å²) in [4.78, 5) is 9.48. The van der Waals surface area contributed by atoms with Crippen LogP contribution in [-0.2, 0) is 0 Å². The fourth-order valence-corrected chi connectivity index (χ4v) is 10.8. The van der Waals surface area contributed by atoms with Gasteiger partial charge >= 0.3 is 0 Å². The van der Waals surface area contributed by atoms with E-state index in [9.17, 15) is 0 Å². The second kappa shape index (κ2) is 14.5. The van der Waals surface area contributed by atoms with Crippen molar-refractivity contribution in [3.8, 4) is 0 Å². The Kier molecular flexibility index (Phi) is 9.56. The molecule has 6 aromatic rings. The van der Waals surface area contributed by atoms with E-state index in [-0.39, 0.29) is 4.75 Å². The van der Waals surface area contributed by atoms with E-state index < -0.39 is 0 Å². The highest BCUT2D eigenvalue weighted by atomic mass is 32.2. The van der Waals surface area contributed by atoms with E-state index in [1.165, 1.54) is 59.7 Å². The van der Waals surface area contributed by atoms with Crippen molar-refractivity contribution < 1.29 is 0 Å². The molecule has 3 N–H and O–H groups in total. The number of hydrazine groups is 1. The van der Waals surface area contributed by atoms with Crippen LogP contribution in [0.4, 0.5) is 5.69 Å². The van der Waals surface area contributed by atoms with Crippen LogP contribution in [-0.4, -0.2) is 36.5 Å². The fourth-order valence-electron chi connectivity index (χ4n) is 7.27. The van der Waals surface area contributed by atoms with Gasteiger partial charge in [-0.15, -0.1) is 34.9 Å². The Morgan fingerprint density at radius 1 is 0.840 bits per heavy atom. The van der Waals surface area contributed by atoms with Crippen LogP contribution in [0.25, 0.3) is 37.2 Å². The van der Waals surface area contributed by atoms with Gasteiger partial charge in [0.05, 0.1) is 17.0 Å². The SMILES string of the molecule is C1=CCC2(C=C1)CN(NC(=NCCC1C=C(c3cccs3)SC1)c1ccc3c4ccccc4c4ccccc4c3c1)c1ccccc1S2.CN. The Labute approximate surface area is 306 Å². The third kappa shape index (κ3) is 6.40. The number of nitrogens with one attached hydrogen (secondary N) is 1. The Morgan fingerprint density at radius 2 is 1.56 bits per heavy atom. The van der Waals surface area contributed by atoms with Crippen LogP contribution in [0.3, 0.4) is 0 Å². The van der Waals surface area contributed by atoms with Gasteiger partial charge in [0.1, 0.15) is 5.84 Å². The van der Waals surface area contributed by atoms with Crippen LogP contribution in [0.5, 0.6) is 0 Å². The molecule has 0 bridgehead atoms. The predicted molar refractivity (Wildman–Crippen MR) is 222 cm³/mol. The molecule has 9 rings (SSSR count). The molecule has 1 spiro atoms. The number of fused-ring (bicyclic) bond motifs is 7. The van der Waals surface area contributed by atoms with E-state index in [2.05, 4.69) is 155 Å². The van der Waals surface area contributed by atoms with Gasteiger partial charge in [-0.3, -0.25) is 15.4 Å². The second-order valence-electron chi connectivity index (χ2n) is 12.8. The second-order valence-corrected chi connectivity index (χ2v) is 16.2. The first-order valence-electron chi connectivity index (χ1n) is 17.2. The monoisotopic (exact) mass is 708 g/mol. The first-order chi connectivity index (χ1) is 24.7. The Hall–Kier alpha value is -4.27. The molecule has 2 aliphatic heterocycles. The van der Waals surface area contributed by atoms with E-state index in [1.54, 1.807) is 0 Å². The van der Waals surface area contributed by atoms with Gasteiger partial charge in [-0.25, -0.2) is 0 Å². The molecular weight excluding hydrogens is 669 g/mol. The van der Waals surface area contributed by atoms with Crippen molar-refractivity contribution >= 4 is 83.6 Å². The number of hydrogen-bond donors (Lipinski definition) is 2. The minimum absolute atomic E-state index is 0.0240. The maximum absolute atomic E-state index is 5.38. The zero-order valence-electron chi connectivity index (χ0n) is 28.1. The molecule has 3 aliphatic rings. The third-order valence-electron chi connectivity index (χ3n) is 9.64. The summed E-state index contributed by atoms with van der Waals surface area (Å²) in [5.41, 5.74) is 10.7. The average molecular weight is 709 g/mol. The molecule has 1 aromatic heterocycles. The van der Waals surface area contributed by atoms with Crippen LogP contribution in [0.1, 0.15) is 23.3 Å². The molecule has 0 fully saturated rings. The maximum Gasteiger partial charge on any atom is 0.147 e. The van der Waals surface area contributed by atoms with Gasteiger partial charge in [-0.05, 0) is 87.8 Å².